The van der Waals surface area contributed by atoms with Crippen molar-refractivity contribution in [2.75, 3.05) is 6.54 Å². The Kier molecular flexibility index (Phi) is 6.68. The number of nitrogens with zero attached hydrogens (tertiary/aromatic N) is 2. The van der Waals surface area contributed by atoms with Crippen molar-refractivity contribution >= 4 is 11.9 Å². The van der Waals surface area contributed by atoms with Gasteiger partial charge in [-0.3, -0.25) is 9.59 Å². The number of aliphatic carboxylic acids is 1. The van der Waals surface area contributed by atoms with Gasteiger partial charge in [0.2, 0.25) is 11.8 Å². The highest BCUT2D eigenvalue weighted by Gasteiger charge is 2.19. The summed E-state index contributed by atoms with van der Waals surface area (Å²) < 4.78 is 4.98. The number of aromatic nitrogens is 2. The van der Waals surface area contributed by atoms with Gasteiger partial charge in [0.05, 0.1) is 5.92 Å². The van der Waals surface area contributed by atoms with Crippen molar-refractivity contribution in [3.05, 3.63) is 47.1 Å². The largest absolute Gasteiger partial charge is 0.481 e. The monoisotopic (exact) mass is 345 g/mol. The molecule has 1 heterocycles. The zero-order chi connectivity index (χ0) is 18.2. The van der Waals surface area contributed by atoms with E-state index in [4.69, 9.17) is 4.52 Å². The minimum atomic E-state index is -0.914. The van der Waals surface area contributed by atoms with Crippen LogP contribution in [-0.2, 0) is 22.4 Å². The second-order valence-corrected chi connectivity index (χ2v) is 6.12. The first kappa shape index (κ1) is 18.6. The lowest BCUT2D eigenvalue weighted by Crippen LogP contribution is -2.34. The van der Waals surface area contributed by atoms with E-state index >= 15 is 0 Å². The number of carboxylic acid groups (broad SMARTS) is 1. The molecule has 25 heavy (non-hydrogen) atoms. The summed E-state index contributed by atoms with van der Waals surface area (Å²) in [4.78, 5) is 27.4. The molecule has 7 heteroatoms. The van der Waals surface area contributed by atoms with Crippen molar-refractivity contribution in [1.29, 1.82) is 0 Å². The fraction of sp³-hybridized carbons (Fsp3) is 0.444. The van der Waals surface area contributed by atoms with Crippen molar-refractivity contribution < 1.29 is 19.2 Å². The third kappa shape index (κ3) is 6.37. The van der Waals surface area contributed by atoms with Gasteiger partial charge < -0.3 is 14.9 Å². The summed E-state index contributed by atoms with van der Waals surface area (Å²) in [6, 6.07) is 7.73. The summed E-state index contributed by atoms with van der Waals surface area (Å²) >= 11 is 0. The summed E-state index contributed by atoms with van der Waals surface area (Å²) in [5.74, 6) is -0.660. The summed E-state index contributed by atoms with van der Waals surface area (Å²) in [7, 11) is 0. The molecule has 2 aromatic rings. The van der Waals surface area contributed by atoms with Crippen LogP contribution in [0, 0.1) is 19.8 Å². The molecule has 2 N–H and O–H groups in total. The van der Waals surface area contributed by atoms with Crippen LogP contribution < -0.4 is 5.32 Å². The Balaban J connectivity index is 1.76. The number of rotatable bonds is 9. The van der Waals surface area contributed by atoms with Gasteiger partial charge in [0, 0.05) is 19.4 Å². The minimum Gasteiger partial charge on any atom is -0.481 e. The van der Waals surface area contributed by atoms with Gasteiger partial charge in [0.1, 0.15) is 0 Å². The van der Waals surface area contributed by atoms with E-state index in [1.165, 1.54) is 0 Å². The molecule has 0 fully saturated rings. The molecule has 0 aliphatic heterocycles. The lowest BCUT2D eigenvalue weighted by Gasteiger charge is -2.14. The molecule has 1 amide bonds. The fourth-order valence-electron chi connectivity index (χ4n) is 2.54. The normalized spacial score (nSPS) is 11.9. The number of hydrogen-bond donors (Lipinski definition) is 2. The van der Waals surface area contributed by atoms with Gasteiger partial charge in [-0.15, -0.1) is 0 Å². The highest BCUT2D eigenvalue weighted by Crippen LogP contribution is 2.11. The molecule has 1 atom stereocenters. The average Bonchev–Trinajstić information content (AvgIpc) is 2.96. The molecule has 0 spiro atoms. The summed E-state index contributed by atoms with van der Waals surface area (Å²) in [6.45, 7) is 3.81. The Hall–Kier alpha value is -2.70. The molecular weight excluding hydrogens is 322 g/mol. The van der Waals surface area contributed by atoms with E-state index in [2.05, 4.69) is 15.5 Å². The van der Waals surface area contributed by atoms with E-state index in [0.717, 1.165) is 11.1 Å². The Labute approximate surface area is 146 Å². The van der Waals surface area contributed by atoms with E-state index in [9.17, 15) is 14.7 Å². The lowest BCUT2D eigenvalue weighted by atomic mass is 9.98. The number of hydrogen-bond acceptors (Lipinski definition) is 5. The average molecular weight is 345 g/mol. The number of nitrogens with one attached hydrogen (secondary N) is 1. The Morgan fingerprint density at radius 1 is 1.32 bits per heavy atom. The number of carboxylic acids is 1. The van der Waals surface area contributed by atoms with Crippen LogP contribution in [-0.4, -0.2) is 33.7 Å². The van der Waals surface area contributed by atoms with Crippen LogP contribution in [0.1, 0.15) is 35.7 Å². The van der Waals surface area contributed by atoms with Crippen LogP contribution in [0.3, 0.4) is 0 Å². The van der Waals surface area contributed by atoms with Crippen molar-refractivity contribution in [3.8, 4) is 0 Å². The second-order valence-electron chi connectivity index (χ2n) is 6.12. The molecule has 0 radical (unpaired) electrons. The summed E-state index contributed by atoms with van der Waals surface area (Å²) in [5, 5.41) is 15.8. The van der Waals surface area contributed by atoms with Gasteiger partial charge in [0.15, 0.2) is 5.82 Å². The Bertz CT molecular complexity index is 727. The maximum Gasteiger partial charge on any atom is 0.308 e. The SMILES string of the molecule is Cc1cccc(CC(CNC(=O)CCCc2nc(C)no2)C(=O)O)c1. The van der Waals surface area contributed by atoms with Crippen LogP contribution in [0.25, 0.3) is 0 Å². The Morgan fingerprint density at radius 3 is 2.76 bits per heavy atom. The first-order valence-corrected chi connectivity index (χ1v) is 8.28. The van der Waals surface area contributed by atoms with Crippen LogP contribution in [0.4, 0.5) is 0 Å². The van der Waals surface area contributed by atoms with Crippen molar-refractivity contribution in [1.82, 2.24) is 15.5 Å². The molecule has 0 aliphatic carbocycles. The predicted octanol–water partition coefficient (Wildman–Crippen LogP) is 2.07. The van der Waals surface area contributed by atoms with E-state index < -0.39 is 11.9 Å². The molecule has 0 bridgehead atoms. The summed E-state index contributed by atoms with van der Waals surface area (Å²) in [6.07, 6.45) is 1.78. The molecule has 0 aliphatic rings. The van der Waals surface area contributed by atoms with Gasteiger partial charge in [-0.2, -0.15) is 4.98 Å². The molecule has 134 valence electrons. The maximum absolute atomic E-state index is 11.9. The molecule has 0 saturated carbocycles. The van der Waals surface area contributed by atoms with Crippen LogP contribution in [0.5, 0.6) is 0 Å². The molecule has 2 rings (SSSR count). The zero-order valence-corrected chi connectivity index (χ0v) is 14.5. The molecule has 7 nitrogen and oxygen atoms in total. The van der Waals surface area contributed by atoms with Crippen molar-refractivity contribution in [3.63, 3.8) is 0 Å². The first-order chi connectivity index (χ1) is 11.9. The predicted molar refractivity (Wildman–Crippen MR) is 91.0 cm³/mol. The van der Waals surface area contributed by atoms with Gasteiger partial charge in [-0.05, 0) is 32.3 Å². The van der Waals surface area contributed by atoms with Crippen LogP contribution in [0.15, 0.2) is 28.8 Å². The highest BCUT2D eigenvalue weighted by molar-refractivity contribution is 5.77. The lowest BCUT2D eigenvalue weighted by molar-refractivity contribution is -0.141. The van der Waals surface area contributed by atoms with Crippen LogP contribution >= 0.6 is 0 Å². The molecular formula is C18H23N3O4. The maximum atomic E-state index is 11.9. The number of carbonyl (C=O) groups is 2. The van der Waals surface area contributed by atoms with E-state index in [1.807, 2.05) is 31.2 Å². The van der Waals surface area contributed by atoms with Gasteiger partial charge in [-0.25, -0.2) is 0 Å². The highest BCUT2D eigenvalue weighted by atomic mass is 16.5. The zero-order valence-electron chi connectivity index (χ0n) is 14.5. The van der Waals surface area contributed by atoms with Gasteiger partial charge >= 0.3 is 5.97 Å². The van der Waals surface area contributed by atoms with Crippen molar-refractivity contribution in [2.24, 2.45) is 5.92 Å². The van der Waals surface area contributed by atoms with Crippen LogP contribution in [0.2, 0.25) is 0 Å². The number of benzene rings is 1. The Morgan fingerprint density at radius 2 is 2.12 bits per heavy atom. The third-order valence-electron chi connectivity index (χ3n) is 3.82. The number of amides is 1. The molecule has 1 aromatic carbocycles. The molecule has 0 saturated heterocycles. The topological polar surface area (TPSA) is 105 Å². The molecule has 1 aromatic heterocycles. The minimum absolute atomic E-state index is 0.113. The standard InChI is InChI=1S/C18H23N3O4/c1-12-5-3-6-14(9-12)10-15(18(23)24)11-19-16(22)7-4-8-17-20-13(2)21-25-17/h3,5-6,9,15H,4,7-8,10-11H2,1-2H3,(H,19,22)(H,23,24). The molecule has 1 unspecified atom stereocenters. The van der Waals surface area contributed by atoms with E-state index in [1.54, 1.807) is 6.92 Å². The first-order valence-electron chi connectivity index (χ1n) is 8.28. The van der Waals surface area contributed by atoms with Gasteiger partial charge in [0.25, 0.3) is 0 Å². The van der Waals surface area contributed by atoms with E-state index in [0.29, 0.717) is 31.0 Å². The number of carbonyl (C=O) groups excluding carboxylic acids is 1. The fourth-order valence-corrected chi connectivity index (χ4v) is 2.54. The second kappa shape index (κ2) is 8.96. The van der Waals surface area contributed by atoms with E-state index in [-0.39, 0.29) is 18.9 Å². The van der Waals surface area contributed by atoms with Crippen molar-refractivity contribution in [2.45, 2.75) is 39.5 Å². The van der Waals surface area contributed by atoms with Gasteiger partial charge in [-0.1, -0.05) is 35.0 Å². The quantitative estimate of drug-likeness (QED) is 0.721. The third-order valence-corrected chi connectivity index (χ3v) is 3.82. The number of aryl methyl sites for hydroxylation is 3. The smallest absolute Gasteiger partial charge is 0.308 e. The summed E-state index contributed by atoms with van der Waals surface area (Å²) in [5.41, 5.74) is 2.04.